The second-order valence-corrected chi connectivity index (χ2v) is 7.69. The lowest BCUT2D eigenvalue weighted by atomic mass is 10.1. The van der Waals surface area contributed by atoms with E-state index >= 15 is 0 Å². The molecule has 1 atom stereocenters. The van der Waals surface area contributed by atoms with Gasteiger partial charge in [0.05, 0.1) is 18.0 Å². The number of hydrogen-bond acceptors (Lipinski definition) is 4. The summed E-state index contributed by atoms with van der Waals surface area (Å²) in [6, 6.07) is 10.4. The molecule has 0 fully saturated rings. The molecule has 0 saturated carbocycles. The molecule has 3 rings (SSSR count). The average molecular weight is 345 g/mol. The van der Waals surface area contributed by atoms with E-state index < -0.39 is 10.8 Å². The van der Waals surface area contributed by atoms with Gasteiger partial charge in [0.1, 0.15) is 5.01 Å². The van der Waals surface area contributed by atoms with Crippen molar-refractivity contribution in [3.63, 3.8) is 0 Å². The number of thiazole rings is 1. The van der Waals surface area contributed by atoms with Crippen LogP contribution in [0.1, 0.15) is 18.2 Å². The Morgan fingerprint density at radius 1 is 1.26 bits per heavy atom. The standard InChI is InChI=1S/C17H19N3OS2/c1-2-14-4-6-15(7-5-14)17-19-16(12-22-17)13-23(21)11-10-20-9-3-8-18-20/h3-9,12H,2,10-11,13H2,1H3/t23-/m1/s1. The Morgan fingerprint density at radius 3 is 2.78 bits per heavy atom. The van der Waals surface area contributed by atoms with Crippen molar-refractivity contribution in [1.29, 1.82) is 0 Å². The number of hydrogen-bond donors (Lipinski definition) is 0. The summed E-state index contributed by atoms with van der Waals surface area (Å²) in [7, 11) is -0.920. The van der Waals surface area contributed by atoms with Crippen LogP contribution in [0.15, 0.2) is 48.1 Å². The molecule has 0 spiro atoms. The van der Waals surface area contributed by atoms with Crippen LogP contribution in [0.25, 0.3) is 10.6 Å². The summed E-state index contributed by atoms with van der Waals surface area (Å²) in [5.41, 5.74) is 3.36. The molecule has 3 aromatic rings. The Bertz CT molecular complexity index is 764. The molecule has 23 heavy (non-hydrogen) atoms. The molecular weight excluding hydrogens is 326 g/mol. The molecule has 120 valence electrons. The number of aryl methyl sites for hydroxylation is 2. The summed E-state index contributed by atoms with van der Waals surface area (Å²) >= 11 is 1.61. The van der Waals surface area contributed by atoms with Crippen LogP contribution in [-0.4, -0.2) is 24.7 Å². The molecule has 6 heteroatoms. The van der Waals surface area contributed by atoms with E-state index in [4.69, 9.17) is 0 Å². The third-order valence-electron chi connectivity index (χ3n) is 3.58. The van der Waals surface area contributed by atoms with Crippen molar-refractivity contribution < 1.29 is 4.21 Å². The first-order valence-corrected chi connectivity index (χ1v) is 9.97. The third-order valence-corrected chi connectivity index (χ3v) is 5.77. The molecule has 4 nitrogen and oxygen atoms in total. The summed E-state index contributed by atoms with van der Waals surface area (Å²) in [5, 5.41) is 7.12. The molecule has 0 aliphatic carbocycles. The molecular formula is C17H19N3OS2. The van der Waals surface area contributed by atoms with Crippen LogP contribution in [0, 0.1) is 0 Å². The molecule has 2 heterocycles. The quantitative estimate of drug-likeness (QED) is 0.658. The van der Waals surface area contributed by atoms with Gasteiger partial charge in [-0.2, -0.15) is 5.10 Å². The van der Waals surface area contributed by atoms with Crippen molar-refractivity contribution in [3.8, 4) is 10.6 Å². The van der Waals surface area contributed by atoms with E-state index in [9.17, 15) is 4.21 Å². The van der Waals surface area contributed by atoms with Crippen molar-refractivity contribution in [2.75, 3.05) is 5.75 Å². The van der Waals surface area contributed by atoms with Gasteiger partial charge >= 0.3 is 0 Å². The molecule has 1 aromatic carbocycles. The van der Waals surface area contributed by atoms with Gasteiger partial charge in [-0.1, -0.05) is 31.2 Å². The first-order chi connectivity index (χ1) is 11.2. The van der Waals surface area contributed by atoms with Crippen LogP contribution in [0.3, 0.4) is 0 Å². The smallest absolute Gasteiger partial charge is 0.123 e. The first kappa shape index (κ1) is 16.1. The van der Waals surface area contributed by atoms with E-state index in [1.54, 1.807) is 22.2 Å². The zero-order valence-electron chi connectivity index (χ0n) is 13.0. The minimum Gasteiger partial charge on any atom is -0.272 e. The average Bonchev–Trinajstić information content (AvgIpc) is 3.25. The maximum Gasteiger partial charge on any atom is 0.123 e. The van der Waals surface area contributed by atoms with Gasteiger partial charge in [0.15, 0.2) is 0 Å². The SMILES string of the molecule is CCc1ccc(-c2nc(C[S@](=O)CCn3cccn3)cs2)cc1. The van der Waals surface area contributed by atoms with E-state index in [0.717, 1.165) is 22.7 Å². The molecule has 0 bridgehead atoms. The second-order valence-electron chi connectivity index (χ2n) is 5.25. The minimum absolute atomic E-state index is 0.505. The van der Waals surface area contributed by atoms with Gasteiger partial charge in [-0.15, -0.1) is 11.3 Å². The number of rotatable bonds is 7. The Morgan fingerprint density at radius 2 is 2.09 bits per heavy atom. The Balaban J connectivity index is 1.58. The zero-order valence-corrected chi connectivity index (χ0v) is 14.6. The molecule has 0 N–H and O–H groups in total. The fraction of sp³-hybridized carbons (Fsp3) is 0.294. The van der Waals surface area contributed by atoms with Crippen molar-refractivity contribution in [3.05, 3.63) is 59.4 Å². The fourth-order valence-electron chi connectivity index (χ4n) is 2.25. The lowest BCUT2D eigenvalue weighted by Gasteiger charge is -2.01. The van der Waals surface area contributed by atoms with Gasteiger partial charge in [0.2, 0.25) is 0 Å². The van der Waals surface area contributed by atoms with E-state index in [-0.39, 0.29) is 0 Å². The monoisotopic (exact) mass is 345 g/mol. The highest BCUT2D eigenvalue weighted by molar-refractivity contribution is 7.84. The maximum atomic E-state index is 12.2. The summed E-state index contributed by atoms with van der Waals surface area (Å²) in [5.74, 6) is 1.10. The molecule has 0 amide bonds. The van der Waals surface area contributed by atoms with Crippen molar-refractivity contribution in [1.82, 2.24) is 14.8 Å². The van der Waals surface area contributed by atoms with Gasteiger partial charge in [-0.3, -0.25) is 8.89 Å². The van der Waals surface area contributed by atoms with E-state index in [2.05, 4.69) is 41.3 Å². The van der Waals surface area contributed by atoms with E-state index in [1.165, 1.54) is 5.56 Å². The molecule has 0 aliphatic heterocycles. The number of nitrogens with zero attached hydrogens (tertiary/aromatic N) is 3. The third kappa shape index (κ3) is 4.36. The minimum atomic E-state index is -0.920. The topological polar surface area (TPSA) is 47.8 Å². The first-order valence-electron chi connectivity index (χ1n) is 7.60. The molecule has 0 aliphatic rings. The van der Waals surface area contributed by atoms with Crippen LogP contribution in [0.5, 0.6) is 0 Å². The Kier molecular flexibility index (Phi) is 5.35. The number of aromatic nitrogens is 3. The van der Waals surface area contributed by atoms with Gasteiger partial charge in [-0.05, 0) is 18.1 Å². The largest absolute Gasteiger partial charge is 0.272 e. The fourth-order valence-corrected chi connectivity index (χ4v) is 4.20. The predicted molar refractivity (Wildman–Crippen MR) is 95.9 cm³/mol. The second kappa shape index (κ2) is 7.66. The number of benzene rings is 1. The van der Waals surface area contributed by atoms with E-state index in [1.807, 2.05) is 17.6 Å². The zero-order chi connectivity index (χ0) is 16.1. The molecule has 0 saturated heterocycles. The summed E-state index contributed by atoms with van der Waals surface area (Å²) in [6.07, 6.45) is 4.66. The lowest BCUT2D eigenvalue weighted by molar-refractivity contribution is 0.643. The van der Waals surface area contributed by atoms with Crippen molar-refractivity contribution >= 4 is 22.1 Å². The molecule has 0 radical (unpaired) electrons. The van der Waals surface area contributed by atoms with Crippen LogP contribution in [0.4, 0.5) is 0 Å². The van der Waals surface area contributed by atoms with Gasteiger partial charge < -0.3 is 0 Å². The van der Waals surface area contributed by atoms with Crippen LogP contribution in [-0.2, 0) is 29.5 Å². The van der Waals surface area contributed by atoms with Gasteiger partial charge in [0, 0.05) is 39.9 Å². The van der Waals surface area contributed by atoms with E-state index in [0.29, 0.717) is 18.1 Å². The Hall–Kier alpha value is -1.79. The predicted octanol–water partition coefficient (Wildman–Crippen LogP) is 3.52. The highest BCUT2D eigenvalue weighted by Gasteiger charge is 2.08. The lowest BCUT2D eigenvalue weighted by Crippen LogP contribution is -2.09. The summed E-state index contributed by atoms with van der Waals surface area (Å²) in [4.78, 5) is 4.62. The van der Waals surface area contributed by atoms with Crippen LogP contribution < -0.4 is 0 Å². The van der Waals surface area contributed by atoms with Crippen LogP contribution in [0.2, 0.25) is 0 Å². The Labute approximate surface area is 142 Å². The van der Waals surface area contributed by atoms with Crippen LogP contribution >= 0.6 is 11.3 Å². The highest BCUT2D eigenvalue weighted by Crippen LogP contribution is 2.24. The van der Waals surface area contributed by atoms with Crippen molar-refractivity contribution in [2.24, 2.45) is 0 Å². The summed E-state index contributed by atoms with van der Waals surface area (Å²) < 4.78 is 14.0. The normalized spacial score (nSPS) is 12.4. The van der Waals surface area contributed by atoms with Gasteiger partial charge in [-0.25, -0.2) is 4.98 Å². The maximum absolute atomic E-state index is 12.2. The highest BCUT2D eigenvalue weighted by atomic mass is 32.2. The summed E-state index contributed by atoms with van der Waals surface area (Å²) in [6.45, 7) is 2.82. The molecule has 2 aromatic heterocycles. The van der Waals surface area contributed by atoms with Gasteiger partial charge in [0.25, 0.3) is 0 Å². The molecule has 0 unspecified atom stereocenters. The van der Waals surface area contributed by atoms with Crippen molar-refractivity contribution in [2.45, 2.75) is 25.6 Å².